The number of nitrogens with one attached hydrogen (secondary N) is 1. The Morgan fingerprint density at radius 1 is 1.32 bits per heavy atom. The summed E-state index contributed by atoms with van der Waals surface area (Å²) in [7, 11) is 0. The second kappa shape index (κ2) is 5.48. The van der Waals surface area contributed by atoms with Crippen molar-refractivity contribution in [1.29, 1.82) is 0 Å². The number of ketones is 1. The lowest BCUT2D eigenvalue weighted by Crippen LogP contribution is -2.43. The Kier molecular flexibility index (Phi) is 3.75. The van der Waals surface area contributed by atoms with Gasteiger partial charge < -0.3 is 5.11 Å². The van der Waals surface area contributed by atoms with E-state index in [2.05, 4.69) is 4.98 Å². The van der Waals surface area contributed by atoms with Crippen LogP contribution in [0.5, 0.6) is 0 Å². The molecule has 2 aromatic rings. The van der Waals surface area contributed by atoms with Gasteiger partial charge in [0, 0.05) is 5.56 Å². The summed E-state index contributed by atoms with van der Waals surface area (Å²) in [6.45, 7) is 1.93. The first kappa shape index (κ1) is 13.0. The third kappa shape index (κ3) is 3.07. The van der Waals surface area contributed by atoms with Crippen LogP contribution in [0.15, 0.2) is 43.0 Å². The van der Waals surface area contributed by atoms with E-state index in [1.807, 2.05) is 19.1 Å². The molecule has 0 saturated heterocycles. The van der Waals surface area contributed by atoms with Crippen LogP contribution in [0.25, 0.3) is 0 Å². The Labute approximate surface area is 110 Å². The number of carboxylic acid groups (broad SMARTS) is 1. The smallest absolute Gasteiger partial charge is 0.349 e. The molecule has 19 heavy (non-hydrogen) atoms. The van der Waals surface area contributed by atoms with Crippen LogP contribution in [0.1, 0.15) is 28.4 Å². The Morgan fingerprint density at radius 3 is 2.53 bits per heavy atom. The number of aromatic nitrogens is 2. The second-order valence-electron chi connectivity index (χ2n) is 4.41. The predicted molar refractivity (Wildman–Crippen MR) is 67.8 cm³/mol. The minimum atomic E-state index is -1.02. The van der Waals surface area contributed by atoms with Crippen LogP contribution in [0.4, 0.5) is 0 Å². The molecule has 5 heteroatoms. The van der Waals surface area contributed by atoms with Crippen molar-refractivity contribution in [2.45, 2.75) is 19.4 Å². The van der Waals surface area contributed by atoms with Crippen molar-refractivity contribution in [3.05, 3.63) is 54.1 Å². The third-order valence-corrected chi connectivity index (χ3v) is 2.96. The number of rotatable bonds is 5. The van der Waals surface area contributed by atoms with Crippen LogP contribution < -0.4 is 4.57 Å². The van der Waals surface area contributed by atoms with Crippen LogP contribution in [-0.2, 0) is 4.79 Å². The molecule has 1 aromatic carbocycles. The fourth-order valence-electron chi connectivity index (χ4n) is 1.85. The summed E-state index contributed by atoms with van der Waals surface area (Å²) < 4.78 is 1.48. The fourth-order valence-corrected chi connectivity index (χ4v) is 1.85. The van der Waals surface area contributed by atoms with E-state index in [0.717, 1.165) is 5.56 Å². The topological polar surface area (TPSA) is 74.0 Å². The predicted octanol–water partition coefficient (Wildman–Crippen LogP) is 1.51. The van der Waals surface area contributed by atoms with Gasteiger partial charge in [0.15, 0.2) is 5.78 Å². The summed E-state index contributed by atoms with van der Waals surface area (Å²) in [6, 6.07) is 6.23. The maximum atomic E-state index is 12.1. The van der Waals surface area contributed by atoms with E-state index in [9.17, 15) is 14.7 Å². The number of carbonyl (C=O) groups excluding carboxylic acids is 1. The van der Waals surface area contributed by atoms with E-state index in [1.54, 1.807) is 24.5 Å². The molecule has 1 aromatic heterocycles. The van der Waals surface area contributed by atoms with Crippen LogP contribution in [-0.4, -0.2) is 21.8 Å². The number of nitrogens with zero attached hydrogens (tertiary/aromatic N) is 1. The number of imidazole rings is 1. The molecule has 0 fully saturated rings. The zero-order valence-electron chi connectivity index (χ0n) is 10.5. The SMILES string of the molecule is Cc1ccc(C(=O)C[C@@H](C(=O)O)[n+]2cc[nH]c2)cc1. The average molecular weight is 259 g/mol. The molecule has 0 spiro atoms. The van der Waals surface area contributed by atoms with Gasteiger partial charge in [-0.2, -0.15) is 0 Å². The molecule has 0 bridgehead atoms. The number of aromatic amines is 1. The maximum absolute atomic E-state index is 12.1. The standard InChI is InChI=1S/C14H14N2O3/c1-10-2-4-11(5-3-10)13(17)8-12(14(18)19)16-7-6-15-9-16/h2-7,9,12H,8H2,1H3,(H,18,19)/p+1/t12-/m0/s1. The van der Waals surface area contributed by atoms with Gasteiger partial charge in [-0.25, -0.2) is 9.36 Å². The summed E-state index contributed by atoms with van der Waals surface area (Å²) in [5.41, 5.74) is 1.60. The Balaban J connectivity index is 2.16. The van der Waals surface area contributed by atoms with E-state index in [4.69, 9.17) is 0 Å². The van der Waals surface area contributed by atoms with E-state index in [1.165, 1.54) is 10.9 Å². The number of H-pyrrole nitrogens is 1. The van der Waals surface area contributed by atoms with Gasteiger partial charge in [-0.1, -0.05) is 29.8 Å². The lowest BCUT2D eigenvalue weighted by Gasteiger charge is -2.08. The van der Waals surface area contributed by atoms with Gasteiger partial charge in [0.2, 0.25) is 12.4 Å². The first-order valence-corrected chi connectivity index (χ1v) is 5.94. The van der Waals surface area contributed by atoms with Gasteiger partial charge in [-0.3, -0.25) is 9.78 Å². The highest BCUT2D eigenvalue weighted by Gasteiger charge is 2.27. The van der Waals surface area contributed by atoms with Crippen LogP contribution >= 0.6 is 0 Å². The van der Waals surface area contributed by atoms with Crippen molar-refractivity contribution in [3.63, 3.8) is 0 Å². The van der Waals surface area contributed by atoms with E-state index >= 15 is 0 Å². The van der Waals surface area contributed by atoms with Crippen LogP contribution in [0, 0.1) is 6.92 Å². The molecule has 5 nitrogen and oxygen atoms in total. The third-order valence-electron chi connectivity index (χ3n) is 2.96. The van der Waals surface area contributed by atoms with Gasteiger partial charge >= 0.3 is 5.97 Å². The number of aliphatic carboxylic acids is 1. The first-order chi connectivity index (χ1) is 9.08. The highest BCUT2D eigenvalue weighted by atomic mass is 16.4. The van der Waals surface area contributed by atoms with E-state index in [0.29, 0.717) is 5.56 Å². The molecule has 0 amide bonds. The zero-order chi connectivity index (χ0) is 13.8. The van der Waals surface area contributed by atoms with Crippen molar-refractivity contribution < 1.29 is 19.3 Å². The number of aryl methyl sites for hydroxylation is 1. The monoisotopic (exact) mass is 259 g/mol. The largest absolute Gasteiger partial charge is 0.478 e. The molecule has 2 rings (SSSR count). The van der Waals surface area contributed by atoms with E-state index < -0.39 is 12.0 Å². The molecule has 0 saturated carbocycles. The van der Waals surface area contributed by atoms with E-state index in [-0.39, 0.29) is 12.2 Å². The number of hydrogen-bond donors (Lipinski definition) is 2. The lowest BCUT2D eigenvalue weighted by molar-refractivity contribution is -0.708. The summed E-state index contributed by atoms with van der Waals surface area (Å²) in [5, 5.41) is 9.20. The van der Waals surface area contributed by atoms with Crippen molar-refractivity contribution in [2.75, 3.05) is 0 Å². The number of carbonyl (C=O) groups is 2. The summed E-state index contributed by atoms with van der Waals surface area (Å²) in [5.74, 6) is -1.20. The number of hydrogen-bond acceptors (Lipinski definition) is 2. The lowest BCUT2D eigenvalue weighted by atomic mass is 10.0. The Bertz CT molecular complexity index is 573. The number of Topliss-reactive ketones (excluding diaryl/α,β-unsaturated/α-hetero) is 1. The molecule has 0 unspecified atom stereocenters. The Morgan fingerprint density at radius 2 is 2.00 bits per heavy atom. The molecule has 0 aliphatic rings. The van der Waals surface area contributed by atoms with Gasteiger partial charge in [0.1, 0.15) is 12.4 Å². The molecule has 0 radical (unpaired) electrons. The fraction of sp³-hybridized carbons (Fsp3) is 0.214. The van der Waals surface area contributed by atoms with Crippen molar-refractivity contribution >= 4 is 11.8 Å². The first-order valence-electron chi connectivity index (χ1n) is 5.94. The highest BCUT2D eigenvalue weighted by Crippen LogP contribution is 2.11. The van der Waals surface area contributed by atoms with Crippen molar-refractivity contribution in [3.8, 4) is 0 Å². The molecule has 0 aliphatic heterocycles. The minimum Gasteiger partial charge on any atom is -0.478 e. The van der Waals surface area contributed by atoms with Gasteiger partial charge in [0.05, 0.1) is 6.42 Å². The molecule has 2 N–H and O–H groups in total. The second-order valence-corrected chi connectivity index (χ2v) is 4.41. The van der Waals surface area contributed by atoms with Crippen LogP contribution in [0.2, 0.25) is 0 Å². The van der Waals surface area contributed by atoms with Gasteiger partial charge in [-0.15, -0.1) is 0 Å². The normalized spacial score (nSPS) is 12.1. The molecule has 1 heterocycles. The number of benzene rings is 1. The van der Waals surface area contributed by atoms with Gasteiger partial charge in [-0.05, 0) is 6.92 Å². The average Bonchev–Trinajstić information content (AvgIpc) is 2.89. The zero-order valence-corrected chi connectivity index (χ0v) is 10.5. The van der Waals surface area contributed by atoms with Crippen molar-refractivity contribution in [1.82, 2.24) is 4.98 Å². The maximum Gasteiger partial charge on any atom is 0.349 e. The molecule has 1 atom stereocenters. The Hall–Kier alpha value is -2.43. The molecular weight excluding hydrogens is 244 g/mol. The molecular formula is C14H15N2O3+. The molecule has 98 valence electrons. The number of carboxylic acids is 1. The highest BCUT2D eigenvalue weighted by molar-refractivity contribution is 5.98. The summed E-state index contributed by atoms with van der Waals surface area (Å²) in [6.07, 6.45) is 4.68. The summed E-state index contributed by atoms with van der Waals surface area (Å²) >= 11 is 0. The molecule has 0 aliphatic carbocycles. The van der Waals surface area contributed by atoms with Crippen LogP contribution in [0.3, 0.4) is 0 Å². The summed E-state index contributed by atoms with van der Waals surface area (Å²) in [4.78, 5) is 26.1. The minimum absolute atomic E-state index is 0.0685. The van der Waals surface area contributed by atoms with Crippen molar-refractivity contribution in [2.24, 2.45) is 0 Å². The quantitative estimate of drug-likeness (QED) is 0.631. The van der Waals surface area contributed by atoms with Gasteiger partial charge in [0.25, 0.3) is 0 Å².